The van der Waals surface area contributed by atoms with Crippen molar-refractivity contribution in [2.75, 3.05) is 7.11 Å². The topological polar surface area (TPSA) is 63.6 Å². The van der Waals surface area contributed by atoms with Gasteiger partial charge in [0.1, 0.15) is 0 Å². The van der Waals surface area contributed by atoms with Gasteiger partial charge in [-0.25, -0.2) is 0 Å². The van der Waals surface area contributed by atoms with Crippen molar-refractivity contribution in [2.45, 2.75) is 39.0 Å². The molecule has 0 saturated carbocycles. The number of hydrogen-bond donors (Lipinski definition) is 1. The van der Waals surface area contributed by atoms with E-state index in [1.165, 1.54) is 13.2 Å². The van der Waals surface area contributed by atoms with Crippen LogP contribution in [0.5, 0.6) is 11.5 Å². The fraction of sp³-hybridized carbons (Fsp3) is 0.333. The molecule has 25 heavy (non-hydrogen) atoms. The first kappa shape index (κ1) is 17.2. The Labute approximate surface area is 146 Å². The lowest BCUT2D eigenvalue weighted by Gasteiger charge is -2.25. The Morgan fingerprint density at radius 2 is 1.80 bits per heavy atom. The van der Waals surface area contributed by atoms with Gasteiger partial charge in [0.25, 0.3) is 0 Å². The highest BCUT2D eigenvalue weighted by atomic mass is 16.5. The molecule has 1 N–H and O–H groups in total. The molecule has 0 amide bonds. The van der Waals surface area contributed by atoms with Crippen LogP contribution in [0, 0.1) is 0 Å². The zero-order valence-electron chi connectivity index (χ0n) is 15.1. The number of allylic oxidation sites excluding steroid dienone is 1. The second-order valence-corrected chi connectivity index (χ2v) is 7.28. The molecule has 0 aromatic heterocycles. The molecular formula is C21H22O4. The number of methoxy groups -OCH3 is 1. The molecule has 3 rings (SSSR count). The van der Waals surface area contributed by atoms with Crippen LogP contribution in [0.1, 0.15) is 50.3 Å². The average molecular weight is 338 g/mol. The smallest absolute Gasteiger partial charge is 0.197 e. The quantitative estimate of drug-likeness (QED) is 0.902. The van der Waals surface area contributed by atoms with E-state index < -0.39 is 5.41 Å². The molecule has 4 heteroatoms. The molecule has 2 aromatic carbocycles. The summed E-state index contributed by atoms with van der Waals surface area (Å²) in [5.74, 6) is 0.266. The van der Waals surface area contributed by atoms with Gasteiger partial charge in [-0.2, -0.15) is 0 Å². The number of ketones is 1. The third-order valence-electron chi connectivity index (χ3n) is 5.02. The van der Waals surface area contributed by atoms with Crippen LogP contribution >= 0.6 is 0 Å². The standard InChI is InChI=1S/C21H22O4/c1-11(2)14-10-12-6-8-15-13(7-9-16(22)21(15,3)4)18(23)17(12)19(24)20(14)25-5/h6-11,24H,1-5H3. The van der Waals surface area contributed by atoms with Gasteiger partial charge in [0, 0.05) is 11.1 Å². The van der Waals surface area contributed by atoms with E-state index in [1.807, 2.05) is 39.8 Å². The van der Waals surface area contributed by atoms with Crippen molar-refractivity contribution in [3.8, 4) is 11.5 Å². The number of phenolic OH excluding ortho intramolecular Hbond substituents is 1. The summed E-state index contributed by atoms with van der Waals surface area (Å²) in [6, 6.07) is 5.50. The predicted molar refractivity (Wildman–Crippen MR) is 99.6 cm³/mol. The van der Waals surface area contributed by atoms with Crippen molar-refractivity contribution in [2.24, 2.45) is 0 Å². The largest absolute Gasteiger partial charge is 0.504 e. The number of aromatic hydroxyl groups is 1. The SMILES string of the molecule is COc1c(C(C)C)cc2ccc3c(c(=O)c2c1O)C=CC(=O)C3(C)C. The minimum Gasteiger partial charge on any atom is -0.504 e. The van der Waals surface area contributed by atoms with Gasteiger partial charge in [0.15, 0.2) is 22.7 Å². The summed E-state index contributed by atoms with van der Waals surface area (Å²) in [5.41, 5.74) is 0.874. The molecule has 1 aliphatic rings. The number of rotatable bonds is 2. The molecule has 0 spiro atoms. The van der Waals surface area contributed by atoms with Crippen molar-refractivity contribution in [1.82, 2.24) is 0 Å². The lowest BCUT2D eigenvalue weighted by atomic mass is 9.75. The first-order chi connectivity index (χ1) is 11.7. The van der Waals surface area contributed by atoms with Gasteiger partial charge in [0.2, 0.25) is 0 Å². The van der Waals surface area contributed by atoms with Crippen LogP contribution in [0.25, 0.3) is 16.8 Å². The maximum Gasteiger partial charge on any atom is 0.197 e. The van der Waals surface area contributed by atoms with E-state index in [1.54, 1.807) is 12.1 Å². The molecular weight excluding hydrogens is 316 g/mol. The van der Waals surface area contributed by atoms with Gasteiger partial charge in [-0.1, -0.05) is 26.0 Å². The Balaban J connectivity index is 2.53. The van der Waals surface area contributed by atoms with Gasteiger partial charge in [-0.3, -0.25) is 9.59 Å². The zero-order chi connectivity index (χ0) is 18.5. The van der Waals surface area contributed by atoms with E-state index in [-0.39, 0.29) is 28.3 Å². The van der Waals surface area contributed by atoms with Crippen molar-refractivity contribution < 1.29 is 14.6 Å². The lowest BCUT2D eigenvalue weighted by Crippen LogP contribution is -2.31. The molecule has 0 saturated heterocycles. The number of carbonyl (C=O) groups excluding carboxylic acids is 1. The van der Waals surface area contributed by atoms with Crippen LogP contribution in [0.4, 0.5) is 0 Å². The van der Waals surface area contributed by atoms with Gasteiger partial charge in [0.05, 0.1) is 17.9 Å². The molecule has 0 radical (unpaired) electrons. The minimum absolute atomic E-state index is 0.0423. The molecule has 0 aliphatic heterocycles. The van der Waals surface area contributed by atoms with Crippen molar-refractivity contribution in [3.63, 3.8) is 0 Å². The van der Waals surface area contributed by atoms with Crippen molar-refractivity contribution in [3.05, 3.63) is 51.2 Å². The van der Waals surface area contributed by atoms with E-state index in [0.29, 0.717) is 22.3 Å². The van der Waals surface area contributed by atoms with E-state index in [0.717, 1.165) is 5.56 Å². The third-order valence-corrected chi connectivity index (χ3v) is 5.02. The fourth-order valence-electron chi connectivity index (χ4n) is 3.44. The Kier molecular flexibility index (Phi) is 3.94. The second kappa shape index (κ2) is 5.73. The average Bonchev–Trinajstić information content (AvgIpc) is 2.68. The molecule has 0 atom stereocenters. The molecule has 0 fully saturated rings. The Hall–Kier alpha value is -2.62. The molecule has 2 aromatic rings. The predicted octanol–water partition coefficient (Wildman–Crippen LogP) is 3.91. The Bertz CT molecular complexity index is 981. The Morgan fingerprint density at radius 1 is 1.12 bits per heavy atom. The number of benzene rings is 1. The first-order valence-corrected chi connectivity index (χ1v) is 8.34. The highest BCUT2D eigenvalue weighted by Crippen LogP contribution is 2.41. The van der Waals surface area contributed by atoms with Gasteiger partial charge < -0.3 is 9.84 Å². The zero-order valence-corrected chi connectivity index (χ0v) is 15.1. The minimum atomic E-state index is -0.779. The van der Waals surface area contributed by atoms with Crippen LogP contribution in [-0.2, 0) is 10.2 Å². The summed E-state index contributed by atoms with van der Waals surface area (Å²) >= 11 is 0. The summed E-state index contributed by atoms with van der Waals surface area (Å²) in [6.07, 6.45) is 2.99. The number of phenols is 1. The first-order valence-electron chi connectivity index (χ1n) is 8.34. The van der Waals surface area contributed by atoms with Gasteiger partial charge in [-0.15, -0.1) is 0 Å². The summed E-state index contributed by atoms with van der Waals surface area (Å²) in [7, 11) is 1.48. The van der Waals surface area contributed by atoms with E-state index in [4.69, 9.17) is 4.74 Å². The second-order valence-electron chi connectivity index (χ2n) is 7.28. The van der Waals surface area contributed by atoms with Crippen LogP contribution < -0.4 is 10.2 Å². The van der Waals surface area contributed by atoms with E-state index in [2.05, 4.69) is 0 Å². The summed E-state index contributed by atoms with van der Waals surface area (Å²) in [6.45, 7) is 7.61. The van der Waals surface area contributed by atoms with Crippen LogP contribution in [0.2, 0.25) is 0 Å². The molecule has 0 unspecified atom stereocenters. The molecule has 130 valence electrons. The fourth-order valence-corrected chi connectivity index (χ4v) is 3.44. The number of carbonyl (C=O) groups is 1. The van der Waals surface area contributed by atoms with Gasteiger partial charge >= 0.3 is 0 Å². The van der Waals surface area contributed by atoms with Crippen molar-refractivity contribution >= 4 is 22.6 Å². The van der Waals surface area contributed by atoms with Crippen LogP contribution in [-0.4, -0.2) is 18.0 Å². The lowest BCUT2D eigenvalue weighted by molar-refractivity contribution is -0.118. The molecule has 1 aliphatic carbocycles. The monoisotopic (exact) mass is 338 g/mol. The maximum absolute atomic E-state index is 13.2. The number of hydrogen-bond acceptors (Lipinski definition) is 4. The molecule has 0 bridgehead atoms. The van der Waals surface area contributed by atoms with Crippen LogP contribution in [0.15, 0.2) is 29.1 Å². The third kappa shape index (κ3) is 2.44. The maximum atomic E-state index is 13.2. The van der Waals surface area contributed by atoms with Crippen molar-refractivity contribution in [1.29, 1.82) is 0 Å². The summed E-state index contributed by atoms with van der Waals surface area (Å²) in [4.78, 5) is 25.4. The number of ether oxygens (including phenoxy) is 1. The van der Waals surface area contributed by atoms with Gasteiger partial charge in [-0.05, 0) is 48.9 Å². The Morgan fingerprint density at radius 3 is 2.40 bits per heavy atom. The van der Waals surface area contributed by atoms with E-state index in [9.17, 15) is 14.7 Å². The molecule has 4 nitrogen and oxygen atoms in total. The van der Waals surface area contributed by atoms with Crippen LogP contribution in [0.3, 0.4) is 0 Å². The van der Waals surface area contributed by atoms with E-state index >= 15 is 0 Å². The highest BCUT2D eigenvalue weighted by Gasteiger charge is 2.33. The number of fused-ring (bicyclic) bond motifs is 2. The normalized spacial score (nSPS) is 15.5. The molecule has 0 heterocycles. The summed E-state index contributed by atoms with van der Waals surface area (Å²) in [5, 5.41) is 11.6. The summed E-state index contributed by atoms with van der Waals surface area (Å²) < 4.78 is 5.37. The highest BCUT2D eigenvalue weighted by molar-refractivity contribution is 6.05.